The quantitative estimate of drug-likeness (QED) is 0.896. The lowest BCUT2D eigenvalue weighted by atomic mass is 9.85. The summed E-state index contributed by atoms with van der Waals surface area (Å²) in [6.07, 6.45) is 3.23. The van der Waals surface area contributed by atoms with E-state index in [1.165, 1.54) is 6.42 Å². The summed E-state index contributed by atoms with van der Waals surface area (Å²) in [7, 11) is 0. The highest BCUT2D eigenvalue weighted by molar-refractivity contribution is 8.00. The Morgan fingerprint density at radius 3 is 2.43 bits per heavy atom. The number of amides is 1. The van der Waals surface area contributed by atoms with Gasteiger partial charge in [-0.2, -0.15) is 0 Å². The van der Waals surface area contributed by atoms with Gasteiger partial charge in [0.1, 0.15) is 0 Å². The molecule has 114 valence electrons. The van der Waals surface area contributed by atoms with Crippen molar-refractivity contribution >= 4 is 29.3 Å². The molecule has 1 aromatic carbocycles. The van der Waals surface area contributed by atoms with Crippen LogP contribution in [0.15, 0.2) is 24.3 Å². The first-order valence-electron chi connectivity index (χ1n) is 7.17. The molecule has 0 radical (unpaired) electrons. The van der Waals surface area contributed by atoms with Crippen LogP contribution < -0.4 is 5.32 Å². The minimum absolute atomic E-state index is 0.0360. The van der Waals surface area contributed by atoms with Gasteiger partial charge in [-0.1, -0.05) is 18.6 Å². The second-order valence-corrected chi connectivity index (χ2v) is 7.16. The highest BCUT2D eigenvalue weighted by Crippen LogP contribution is 2.27. The zero-order valence-electron chi connectivity index (χ0n) is 12.4. The fourth-order valence-electron chi connectivity index (χ4n) is 2.26. The van der Waals surface area contributed by atoms with E-state index in [9.17, 15) is 14.7 Å². The van der Waals surface area contributed by atoms with Gasteiger partial charge in [-0.25, -0.2) is 0 Å². The largest absolute Gasteiger partial charge is 0.481 e. The first-order valence-corrected chi connectivity index (χ1v) is 8.22. The molecule has 0 spiro atoms. The molecule has 1 saturated heterocycles. The third-order valence-corrected chi connectivity index (χ3v) is 5.26. The summed E-state index contributed by atoms with van der Waals surface area (Å²) in [6.45, 7) is 3.34. The van der Waals surface area contributed by atoms with E-state index in [4.69, 9.17) is 0 Å². The Morgan fingerprint density at radius 2 is 1.90 bits per heavy atom. The lowest BCUT2D eigenvalue weighted by molar-refractivity contribution is -0.142. The predicted molar refractivity (Wildman–Crippen MR) is 85.8 cm³/mol. The number of carboxylic acids is 1. The Balaban J connectivity index is 2.02. The summed E-state index contributed by atoms with van der Waals surface area (Å²) >= 11 is 1.71. The van der Waals surface area contributed by atoms with E-state index < -0.39 is 11.4 Å². The maximum Gasteiger partial charge on any atom is 0.313 e. The number of carbonyl (C=O) groups excluding carboxylic acids is 1. The fraction of sp³-hybridized carbons (Fsp3) is 0.500. The number of benzene rings is 1. The van der Waals surface area contributed by atoms with E-state index in [0.29, 0.717) is 0 Å². The van der Waals surface area contributed by atoms with Crippen LogP contribution in [0.1, 0.15) is 38.7 Å². The van der Waals surface area contributed by atoms with Crippen molar-refractivity contribution in [1.82, 2.24) is 0 Å². The van der Waals surface area contributed by atoms with E-state index in [1.807, 2.05) is 0 Å². The molecular formula is C16H21NO3S. The molecular weight excluding hydrogens is 286 g/mol. The molecule has 21 heavy (non-hydrogen) atoms. The standard InChI is InChI=1S/C16H21NO3S/c1-16(2,15(19)20)11-6-8-12(9-7-11)17-14(18)13-5-3-4-10-21-13/h6-9,13H,3-5,10H2,1-2H3,(H,17,18)(H,19,20). The Hall–Kier alpha value is -1.49. The molecule has 1 atom stereocenters. The zero-order chi connectivity index (χ0) is 15.5. The first-order chi connectivity index (χ1) is 9.91. The third-order valence-electron chi connectivity index (χ3n) is 3.88. The SMILES string of the molecule is CC(C)(C(=O)O)c1ccc(NC(=O)C2CCCCS2)cc1. The van der Waals surface area contributed by atoms with E-state index >= 15 is 0 Å². The number of carboxylic acid groups (broad SMARTS) is 1. The van der Waals surface area contributed by atoms with Crippen LogP contribution in [-0.4, -0.2) is 28.0 Å². The molecule has 0 aliphatic carbocycles. The monoisotopic (exact) mass is 307 g/mol. The number of nitrogens with one attached hydrogen (secondary N) is 1. The van der Waals surface area contributed by atoms with Gasteiger partial charge in [-0.15, -0.1) is 11.8 Å². The Bertz CT molecular complexity index is 519. The maximum atomic E-state index is 12.1. The zero-order valence-corrected chi connectivity index (χ0v) is 13.2. The molecule has 0 aromatic heterocycles. The normalized spacial score (nSPS) is 19.0. The summed E-state index contributed by atoms with van der Waals surface area (Å²) in [5.74, 6) is 0.229. The van der Waals surface area contributed by atoms with Crippen molar-refractivity contribution in [2.24, 2.45) is 0 Å². The minimum atomic E-state index is -0.929. The topological polar surface area (TPSA) is 66.4 Å². The van der Waals surface area contributed by atoms with Crippen molar-refractivity contribution < 1.29 is 14.7 Å². The third kappa shape index (κ3) is 3.79. The van der Waals surface area contributed by atoms with E-state index in [0.717, 1.165) is 29.8 Å². The summed E-state index contributed by atoms with van der Waals surface area (Å²) < 4.78 is 0. The number of thioether (sulfide) groups is 1. The average molecular weight is 307 g/mol. The van der Waals surface area contributed by atoms with Crippen LogP contribution in [0.25, 0.3) is 0 Å². The van der Waals surface area contributed by atoms with Crippen LogP contribution in [0.4, 0.5) is 5.69 Å². The lowest BCUT2D eigenvalue weighted by Crippen LogP contribution is -2.29. The van der Waals surface area contributed by atoms with Crippen molar-refractivity contribution in [2.45, 2.75) is 43.8 Å². The molecule has 2 rings (SSSR count). The van der Waals surface area contributed by atoms with Crippen LogP contribution in [0.2, 0.25) is 0 Å². The van der Waals surface area contributed by atoms with Gasteiger partial charge in [-0.3, -0.25) is 9.59 Å². The smallest absolute Gasteiger partial charge is 0.313 e. The van der Waals surface area contributed by atoms with Crippen LogP contribution in [0, 0.1) is 0 Å². The molecule has 1 aliphatic heterocycles. The number of carbonyl (C=O) groups is 2. The van der Waals surface area contributed by atoms with Crippen molar-refractivity contribution in [2.75, 3.05) is 11.1 Å². The lowest BCUT2D eigenvalue weighted by Gasteiger charge is -2.22. The van der Waals surface area contributed by atoms with Gasteiger partial charge < -0.3 is 10.4 Å². The molecule has 0 bridgehead atoms. The van der Waals surface area contributed by atoms with E-state index in [1.54, 1.807) is 49.9 Å². The van der Waals surface area contributed by atoms with Gasteiger partial charge in [-0.05, 0) is 50.1 Å². The van der Waals surface area contributed by atoms with E-state index in [2.05, 4.69) is 5.32 Å². The summed E-state index contributed by atoms with van der Waals surface area (Å²) in [5.41, 5.74) is 0.512. The highest BCUT2D eigenvalue weighted by Gasteiger charge is 2.29. The van der Waals surface area contributed by atoms with Gasteiger partial charge >= 0.3 is 5.97 Å². The molecule has 1 aliphatic rings. The van der Waals surface area contributed by atoms with Crippen LogP contribution in [-0.2, 0) is 15.0 Å². The maximum absolute atomic E-state index is 12.1. The molecule has 1 fully saturated rings. The second-order valence-electron chi connectivity index (χ2n) is 5.85. The van der Waals surface area contributed by atoms with E-state index in [-0.39, 0.29) is 11.2 Å². The van der Waals surface area contributed by atoms with Gasteiger partial charge in [0.15, 0.2) is 0 Å². The summed E-state index contributed by atoms with van der Waals surface area (Å²) in [5, 5.41) is 12.2. The molecule has 1 aromatic rings. The van der Waals surface area contributed by atoms with Gasteiger partial charge in [0.25, 0.3) is 0 Å². The Morgan fingerprint density at radius 1 is 1.24 bits per heavy atom. The molecule has 1 amide bonds. The molecule has 1 unspecified atom stereocenters. The summed E-state index contributed by atoms with van der Waals surface area (Å²) in [4.78, 5) is 23.3. The van der Waals surface area contributed by atoms with Gasteiger partial charge in [0.05, 0.1) is 10.7 Å². The molecule has 4 nitrogen and oxygen atoms in total. The number of hydrogen-bond donors (Lipinski definition) is 2. The Kier molecular flexibility index (Phi) is 4.93. The van der Waals surface area contributed by atoms with Crippen molar-refractivity contribution in [3.63, 3.8) is 0 Å². The van der Waals surface area contributed by atoms with Crippen LogP contribution in [0.5, 0.6) is 0 Å². The van der Waals surface area contributed by atoms with Crippen molar-refractivity contribution in [3.8, 4) is 0 Å². The van der Waals surface area contributed by atoms with Crippen LogP contribution in [0.3, 0.4) is 0 Å². The molecule has 2 N–H and O–H groups in total. The first kappa shape index (κ1) is 15.9. The number of aliphatic carboxylic acids is 1. The van der Waals surface area contributed by atoms with Crippen molar-refractivity contribution in [3.05, 3.63) is 29.8 Å². The van der Waals surface area contributed by atoms with Crippen LogP contribution >= 0.6 is 11.8 Å². The Labute approximate surface area is 129 Å². The molecule has 1 heterocycles. The molecule has 0 saturated carbocycles. The predicted octanol–water partition coefficient (Wildman–Crippen LogP) is 3.27. The number of rotatable bonds is 4. The summed E-state index contributed by atoms with van der Waals surface area (Å²) in [6, 6.07) is 7.06. The minimum Gasteiger partial charge on any atom is -0.481 e. The fourth-order valence-corrected chi connectivity index (χ4v) is 3.46. The number of hydrogen-bond acceptors (Lipinski definition) is 3. The molecule has 5 heteroatoms. The number of anilines is 1. The highest BCUT2D eigenvalue weighted by atomic mass is 32.2. The van der Waals surface area contributed by atoms with Gasteiger partial charge in [0, 0.05) is 5.69 Å². The van der Waals surface area contributed by atoms with Gasteiger partial charge in [0.2, 0.25) is 5.91 Å². The van der Waals surface area contributed by atoms with Crippen molar-refractivity contribution in [1.29, 1.82) is 0 Å². The second kappa shape index (κ2) is 6.52. The average Bonchev–Trinajstić information content (AvgIpc) is 2.48.